The molecular formula is C13H17F3N2O5S. The van der Waals surface area contributed by atoms with Crippen LogP contribution in [0.4, 0.5) is 22.8 Å². The quantitative estimate of drug-likeness (QED) is 0.813. The second-order valence-electron chi connectivity index (χ2n) is 5.38. The van der Waals surface area contributed by atoms with Crippen LogP contribution in [0.1, 0.15) is 38.4 Å². The van der Waals surface area contributed by atoms with E-state index in [0.29, 0.717) is 11.3 Å². The van der Waals surface area contributed by atoms with Crippen LogP contribution >= 0.6 is 11.3 Å². The van der Waals surface area contributed by atoms with Crippen LogP contribution in [-0.2, 0) is 22.2 Å². The van der Waals surface area contributed by atoms with E-state index >= 15 is 0 Å². The first kappa shape index (κ1) is 20.0. The Morgan fingerprint density at radius 3 is 2.38 bits per heavy atom. The minimum Gasteiger partial charge on any atom is -0.444 e. The number of hydrogen-bond donors (Lipinski definition) is 1. The molecule has 0 saturated carbocycles. The molecule has 1 aromatic rings. The molecule has 0 aliphatic carbocycles. The van der Waals surface area contributed by atoms with Crippen LogP contribution < -0.4 is 10.1 Å². The summed E-state index contributed by atoms with van der Waals surface area (Å²) in [5.74, 6) is 0. The molecule has 1 N–H and O–H groups in total. The highest BCUT2D eigenvalue weighted by atomic mass is 32.1. The fraction of sp³-hybridized carbons (Fsp3) is 0.615. The van der Waals surface area contributed by atoms with Crippen LogP contribution in [0.25, 0.3) is 0 Å². The normalized spacial score (nSPS) is 11.8. The number of hydrogen-bond acceptors (Lipinski definition) is 7. The Bertz CT molecular complexity index is 595. The van der Waals surface area contributed by atoms with Gasteiger partial charge in [-0.1, -0.05) is 11.3 Å². The van der Waals surface area contributed by atoms with Gasteiger partial charge in [-0.05, 0) is 27.7 Å². The van der Waals surface area contributed by atoms with E-state index in [-0.39, 0.29) is 18.2 Å². The zero-order chi connectivity index (χ0) is 18.5. The van der Waals surface area contributed by atoms with Gasteiger partial charge < -0.3 is 19.5 Å². The van der Waals surface area contributed by atoms with E-state index in [4.69, 9.17) is 4.74 Å². The van der Waals surface area contributed by atoms with Gasteiger partial charge in [0, 0.05) is 0 Å². The van der Waals surface area contributed by atoms with Gasteiger partial charge in [-0.15, -0.1) is 0 Å². The van der Waals surface area contributed by atoms with E-state index in [2.05, 4.69) is 19.8 Å². The third kappa shape index (κ3) is 6.60. The van der Waals surface area contributed by atoms with Gasteiger partial charge in [0.15, 0.2) is 5.69 Å². The summed E-state index contributed by atoms with van der Waals surface area (Å²) in [4.78, 5) is 26.1. The number of nitrogens with one attached hydrogen (secondary N) is 1. The van der Waals surface area contributed by atoms with E-state index in [1.807, 2.05) is 0 Å². The lowest BCUT2D eigenvalue weighted by Gasteiger charge is -2.19. The van der Waals surface area contributed by atoms with Gasteiger partial charge in [-0.2, -0.15) is 13.2 Å². The Kier molecular flexibility index (Phi) is 6.41. The summed E-state index contributed by atoms with van der Waals surface area (Å²) in [6.45, 7) is 6.05. The van der Waals surface area contributed by atoms with Crippen molar-refractivity contribution in [2.24, 2.45) is 0 Å². The lowest BCUT2D eigenvalue weighted by molar-refractivity contribution is -0.141. The standard InChI is InChI=1S/C13H17F3N2O5S/c1-5-21-11(20)22-9-8(13(14,15)16)18-7(24-9)6-17-10(19)23-12(2,3)4/h5-6H2,1-4H3,(H,17,19). The highest BCUT2D eigenvalue weighted by Gasteiger charge is 2.39. The van der Waals surface area contributed by atoms with E-state index in [1.165, 1.54) is 6.92 Å². The number of aromatic nitrogens is 1. The Labute approximate surface area is 140 Å². The van der Waals surface area contributed by atoms with Gasteiger partial charge in [0.2, 0.25) is 5.06 Å². The number of ether oxygens (including phenoxy) is 3. The number of halogens is 3. The average molecular weight is 370 g/mol. The minimum absolute atomic E-state index is 0.0496. The molecule has 0 aliphatic heterocycles. The van der Waals surface area contributed by atoms with Crippen LogP contribution in [0.15, 0.2) is 0 Å². The van der Waals surface area contributed by atoms with Crippen LogP contribution in [0.3, 0.4) is 0 Å². The second-order valence-corrected chi connectivity index (χ2v) is 6.43. The van der Waals surface area contributed by atoms with Gasteiger partial charge in [0.05, 0.1) is 13.2 Å². The van der Waals surface area contributed by atoms with Crippen LogP contribution in [-0.4, -0.2) is 29.4 Å². The van der Waals surface area contributed by atoms with E-state index < -0.39 is 34.8 Å². The fourth-order valence-electron chi connectivity index (χ4n) is 1.36. The number of amides is 1. The highest BCUT2D eigenvalue weighted by Crippen LogP contribution is 2.39. The molecule has 0 unspecified atom stereocenters. The molecule has 0 atom stereocenters. The highest BCUT2D eigenvalue weighted by molar-refractivity contribution is 7.13. The molecule has 0 bridgehead atoms. The summed E-state index contributed by atoms with van der Waals surface area (Å²) in [6, 6.07) is 0. The topological polar surface area (TPSA) is 86.8 Å². The molecule has 0 saturated heterocycles. The third-order valence-electron chi connectivity index (χ3n) is 2.13. The number of rotatable bonds is 4. The number of carbonyl (C=O) groups excluding carboxylic acids is 2. The first-order chi connectivity index (χ1) is 10.9. The van der Waals surface area contributed by atoms with E-state index in [9.17, 15) is 22.8 Å². The van der Waals surface area contributed by atoms with Gasteiger partial charge >= 0.3 is 18.4 Å². The van der Waals surface area contributed by atoms with E-state index in [0.717, 1.165) is 0 Å². The summed E-state index contributed by atoms with van der Waals surface area (Å²) in [5, 5.41) is 1.42. The predicted molar refractivity (Wildman–Crippen MR) is 77.8 cm³/mol. The smallest absolute Gasteiger partial charge is 0.444 e. The molecule has 7 nitrogen and oxygen atoms in total. The number of alkyl carbamates (subject to hydrolysis) is 1. The van der Waals surface area contributed by atoms with Gasteiger partial charge in [-0.3, -0.25) is 0 Å². The first-order valence-electron chi connectivity index (χ1n) is 6.80. The Morgan fingerprint density at radius 1 is 1.25 bits per heavy atom. The van der Waals surface area contributed by atoms with Crippen molar-refractivity contribution in [1.82, 2.24) is 10.3 Å². The molecule has 0 aromatic carbocycles. The van der Waals surface area contributed by atoms with Crippen molar-refractivity contribution in [2.45, 2.75) is 46.0 Å². The summed E-state index contributed by atoms with van der Waals surface area (Å²) < 4.78 is 52.7. The van der Waals surface area contributed by atoms with E-state index in [1.54, 1.807) is 20.8 Å². The summed E-state index contributed by atoms with van der Waals surface area (Å²) in [6.07, 6.45) is -6.89. The molecule has 0 radical (unpaired) electrons. The van der Waals surface area contributed by atoms with Gasteiger partial charge in [0.25, 0.3) is 0 Å². The Morgan fingerprint density at radius 2 is 1.88 bits per heavy atom. The first-order valence-corrected chi connectivity index (χ1v) is 7.62. The molecular weight excluding hydrogens is 353 g/mol. The van der Waals surface area contributed by atoms with Crippen molar-refractivity contribution >= 4 is 23.6 Å². The predicted octanol–water partition coefficient (Wildman–Crippen LogP) is 3.72. The summed E-state index contributed by atoms with van der Waals surface area (Å²) in [5.41, 5.74) is -2.11. The van der Waals surface area contributed by atoms with Crippen molar-refractivity contribution in [2.75, 3.05) is 6.61 Å². The molecule has 1 aromatic heterocycles. The molecule has 24 heavy (non-hydrogen) atoms. The Hall–Kier alpha value is -2.04. The lowest BCUT2D eigenvalue weighted by Crippen LogP contribution is -2.32. The summed E-state index contributed by atoms with van der Waals surface area (Å²) >= 11 is 0.476. The number of carbonyl (C=O) groups is 2. The molecule has 0 fully saturated rings. The van der Waals surface area contributed by atoms with Gasteiger partial charge in [0.1, 0.15) is 10.6 Å². The van der Waals surface area contributed by atoms with Crippen LogP contribution in [0.2, 0.25) is 0 Å². The maximum atomic E-state index is 12.9. The monoisotopic (exact) mass is 370 g/mol. The van der Waals surface area contributed by atoms with Gasteiger partial charge in [-0.25, -0.2) is 14.6 Å². The summed E-state index contributed by atoms with van der Waals surface area (Å²) in [7, 11) is 0. The molecule has 136 valence electrons. The number of nitrogens with zero attached hydrogens (tertiary/aromatic N) is 1. The minimum atomic E-state index is -4.82. The van der Waals surface area contributed by atoms with Crippen molar-refractivity contribution in [3.63, 3.8) is 0 Å². The second kappa shape index (κ2) is 7.69. The van der Waals surface area contributed by atoms with Crippen molar-refractivity contribution in [3.05, 3.63) is 10.7 Å². The van der Waals surface area contributed by atoms with Crippen molar-refractivity contribution in [3.8, 4) is 5.06 Å². The van der Waals surface area contributed by atoms with Crippen LogP contribution in [0.5, 0.6) is 5.06 Å². The zero-order valence-electron chi connectivity index (χ0n) is 13.4. The average Bonchev–Trinajstić information content (AvgIpc) is 2.77. The molecule has 11 heteroatoms. The molecule has 1 rings (SSSR count). The van der Waals surface area contributed by atoms with Crippen molar-refractivity contribution in [1.29, 1.82) is 0 Å². The fourth-order valence-corrected chi connectivity index (χ4v) is 2.22. The number of thiazole rings is 1. The zero-order valence-corrected chi connectivity index (χ0v) is 14.3. The van der Waals surface area contributed by atoms with Crippen molar-refractivity contribution < 1.29 is 37.0 Å². The third-order valence-corrected chi connectivity index (χ3v) is 3.06. The molecule has 0 aliphatic rings. The molecule has 0 spiro atoms. The molecule has 1 amide bonds. The lowest BCUT2D eigenvalue weighted by atomic mass is 10.2. The molecule has 1 heterocycles. The van der Waals surface area contributed by atoms with Crippen LogP contribution in [0, 0.1) is 0 Å². The number of alkyl halides is 3. The SMILES string of the molecule is CCOC(=O)Oc1sc(CNC(=O)OC(C)(C)C)nc1C(F)(F)F. The maximum absolute atomic E-state index is 12.9. The maximum Gasteiger partial charge on any atom is 0.514 e. The Balaban J connectivity index is 2.84. The largest absolute Gasteiger partial charge is 0.514 e.